The van der Waals surface area contributed by atoms with Gasteiger partial charge in [-0.25, -0.2) is 9.07 Å². The summed E-state index contributed by atoms with van der Waals surface area (Å²) in [6.45, 7) is 5.10. The molecule has 0 aliphatic rings. The van der Waals surface area contributed by atoms with E-state index in [1.54, 1.807) is 24.1 Å². The fourth-order valence-electron chi connectivity index (χ4n) is 3.35. The van der Waals surface area contributed by atoms with Crippen molar-refractivity contribution in [1.29, 1.82) is 0 Å². The molecule has 2 N–H and O–H groups in total. The smallest absolute Gasteiger partial charge is 0.191 e. The van der Waals surface area contributed by atoms with Crippen LogP contribution in [0.25, 0.3) is 5.69 Å². The van der Waals surface area contributed by atoms with E-state index in [-0.39, 0.29) is 5.82 Å². The number of aryl methyl sites for hydroxylation is 2. The van der Waals surface area contributed by atoms with Crippen LogP contribution in [0.15, 0.2) is 53.5 Å². The third-order valence-electron chi connectivity index (χ3n) is 4.85. The van der Waals surface area contributed by atoms with Gasteiger partial charge in [-0.05, 0) is 49.2 Å². The van der Waals surface area contributed by atoms with E-state index in [9.17, 15) is 4.39 Å². The lowest BCUT2D eigenvalue weighted by Crippen LogP contribution is -2.36. The number of para-hydroxylation sites is 1. The molecule has 1 heterocycles. The lowest BCUT2D eigenvalue weighted by Gasteiger charge is -2.16. The normalized spacial score (nSPS) is 11.5. The number of halogens is 1. The van der Waals surface area contributed by atoms with Crippen molar-refractivity contribution in [3.63, 3.8) is 0 Å². The van der Waals surface area contributed by atoms with Gasteiger partial charge in [-0.2, -0.15) is 5.10 Å². The minimum Gasteiger partial charge on any atom is -0.375 e. The summed E-state index contributed by atoms with van der Waals surface area (Å²) in [6, 6.07) is 15.5. The molecule has 30 heavy (non-hydrogen) atoms. The van der Waals surface area contributed by atoms with Crippen molar-refractivity contribution in [1.82, 2.24) is 20.4 Å². The monoisotopic (exact) mass is 408 g/mol. The summed E-state index contributed by atoms with van der Waals surface area (Å²) in [5.74, 6) is 0.413. The number of nitrogens with zero attached hydrogens (tertiary/aromatic N) is 4. The molecular formula is C23H29FN6. The molecule has 0 saturated heterocycles. The van der Waals surface area contributed by atoms with Crippen LogP contribution >= 0.6 is 0 Å². The lowest BCUT2D eigenvalue weighted by atomic mass is 10.1. The molecule has 0 atom stereocenters. The molecule has 3 rings (SSSR count). The molecule has 0 fully saturated rings. The Hall–Kier alpha value is -3.35. The molecule has 0 radical (unpaired) electrons. The first-order chi connectivity index (χ1) is 14.4. The molecule has 0 unspecified atom stereocenters. The highest BCUT2D eigenvalue weighted by molar-refractivity contribution is 5.79. The lowest BCUT2D eigenvalue weighted by molar-refractivity contribution is 0.623. The third-order valence-corrected chi connectivity index (χ3v) is 4.85. The van der Waals surface area contributed by atoms with Gasteiger partial charge in [0.1, 0.15) is 5.82 Å². The van der Waals surface area contributed by atoms with E-state index >= 15 is 0 Å². The Bertz CT molecular complexity index is 1040. The number of guanidine groups is 1. The van der Waals surface area contributed by atoms with Crippen molar-refractivity contribution in [3.05, 3.63) is 76.9 Å². The van der Waals surface area contributed by atoms with Gasteiger partial charge in [0.15, 0.2) is 5.96 Å². The average Bonchev–Trinajstić information content (AvgIpc) is 3.06. The number of aromatic nitrogens is 2. The van der Waals surface area contributed by atoms with Crippen LogP contribution in [0.1, 0.15) is 22.5 Å². The van der Waals surface area contributed by atoms with Crippen LogP contribution in [0.2, 0.25) is 0 Å². The highest BCUT2D eigenvalue weighted by Crippen LogP contribution is 2.18. The van der Waals surface area contributed by atoms with Crippen molar-refractivity contribution in [2.24, 2.45) is 4.99 Å². The molecule has 0 bridgehead atoms. The molecule has 7 heteroatoms. The van der Waals surface area contributed by atoms with Gasteiger partial charge < -0.3 is 15.5 Å². The predicted octanol–water partition coefficient (Wildman–Crippen LogP) is 3.56. The van der Waals surface area contributed by atoms with Gasteiger partial charge in [0, 0.05) is 39.9 Å². The summed E-state index contributed by atoms with van der Waals surface area (Å²) < 4.78 is 16.1. The minimum absolute atomic E-state index is 0.235. The molecule has 0 saturated carbocycles. The van der Waals surface area contributed by atoms with Crippen molar-refractivity contribution < 1.29 is 4.39 Å². The van der Waals surface area contributed by atoms with Gasteiger partial charge >= 0.3 is 0 Å². The highest BCUT2D eigenvalue weighted by atomic mass is 19.1. The average molecular weight is 409 g/mol. The zero-order valence-corrected chi connectivity index (χ0v) is 18.2. The number of hydrogen-bond acceptors (Lipinski definition) is 3. The molecule has 0 aliphatic heterocycles. The molecule has 0 spiro atoms. The largest absolute Gasteiger partial charge is 0.375 e. The Morgan fingerprint density at radius 3 is 2.43 bits per heavy atom. The van der Waals surface area contributed by atoms with Crippen LogP contribution < -0.4 is 15.5 Å². The second kappa shape index (κ2) is 9.43. The van der Waals surface area contributed by atoms with Crippen molar-refractivity contribution in [3.8, 4) is 5.69 Å². The van der Waals surface area contributed by atoms with Gasteiger partial charge in [-0.3, -0.25) is 4.99 Å². The van der Waals surface area contributed by atoms with E-state index in [0.29, 0.717) is 24.7 Å². The van der Waals surface area contributed by atoms with Crippen LogP contribution in [-0.4, -0.2) is 36.9 Å². The Morgan fingerprint density at radius 2 is 1.80 bits per heavy atom. The Morgan fingerprint density at radius 1 is 1.07 bits per heavy atom. The van der Waals surface area contributed by atoms with Gasteiger partial charge in [0.25, 0.3) is 0 Å². The van der Waals surface area contributed by atoms with E-state index in [0.717, 1.165) is 28.2 Å². The number of nitrogens with one attached hydrogen (secondary N) is 2. The van der Waals surface area contributed by atoms with E-state index in [4.69, 9.17) is 0 Å². The Kier molecular flexibility index (Phi) is 6.72. The van der Waals surface area contributed by atoms with Gasteiger partial charge in [0.2, 0.25) is 0 Å². The quantitative estimate of drug-likeness (QED) is 0.484. The standard InChI is InChI=1S/C23H29FN6/c1-16-12-17(2)30(28-16)21-9-7-6-8-19(21)15-27-23(25-3)26-14-18-10-11-22(29(4)5)20(24)13-18/h6-13H,14-15H2,1-5H3,(H2,25,26,27). The zero-order valence-electron chi connectivity index (χ0n) is 18.2. The van der Waals surface area contributed by atoms with Crippen molar-refractivity contribution in [2.45, 2.75) is 26.9 Å². The zero-order chi connectivity index (χ0) is 21.7. The fourth-order valence-corrected chi connectivity index (χ4v) is 3.35. The van der Waals surface area contributed by atoms with Crippen LogP contribution in [0.3, 0.4) is 0 Å². The Labute approximate surface area is 177 Å². The first-order valence-corrected chi connectivity index (χ1v) is 9.91. The number of hydrogen-bond donors (Lipinski definition) is 2. The fraction of sp³-hybridized carbons (Fsp3) is 0.304. The van der Waals surface area contributed by atoms with Gasteiger partial charge in [-0.15, -0.1) is 0 Å². The van der Waals surface area contributed by atoms with Crippen LogP contribution in [0.5, 0.6) is 0 Å². The van der Waals surface area contributed by atoms with E-state index < -0.39 is 0 Å². The van der Waals surface area contributed by atoms with Gasteiger partial charge in [-0.1, -0.05) is 24.3 Å². The predicted molar refractivity (Wildman–Crippen MR) is 121 cm³/mol. The molecule has 0 amide bonds. The third kappa shape index (κ3) is 4.97. The first-order valence-electron chi connectivity index (χ1n) is 9.91. The van der Waals surface area contributed by atoms with Crippen LogP contribution in [0, 0.1) is 19.7 Å². The van der Waals surface area contributed by atoms with Gasteiger partial charge in [0.05, 0.1) is 17.1 Å². The van der Waals surface area contributed by atoms with Crippen molar-refractivity contribution in [2.75, 3.05) is 26.0 Å². The first kappa shape index (κ1) is 21.4. The topological polar surface area (TPSA) is 57.5 Å². The second-order valence-electron chi connectivity index (χ2n) is 7.43. The second-order valence-corrected chi connectivity index (χ2v) is 7.43. The van der Waals surface area contributed by atoms with Crippen LogP contribution in [0.4, 0.5) is 10.1 Å². The SMILES string of the molecule is CN=C(NCc1ccc(N(C)C)c(F)c1)NCc1ccccc1-n1nc(C)cc1C. The molecule has 0 aliphatic carbocycles. The molecular weight excluding hydrogens is 379 g/mol. The minimum atomic E-state index is -0.235. The summed E-state index contributed by atoms with van der Waals surface area (Å²) in [6.07, 6.45) is 0. The summed E-state index contributed by atoms with van der Waals surface area (Å²) in [5.41, 5.74) is 5.64. The summed E-state index contributed by atoms with van der Waals surface area (Å²) in [7, 11) is 5.37. The molecule has 2 aromatic carbocycles. The maximum atomic E-state index is 14.2. The summed E-state index contributed by atoms with van der Waals surface area (Å²) in [4.78, 5) is 6.04. The molecule has 1 aromatic heterocycles. The van der Waals surface area contributed by atoms with E-state index in [1.807, 2.05) is 50.8 Å². The maximum Gasteiger partial charge on any atom is 0.191 e. The van der Waals surface area contributed by atoms with E-state index in [1.165, 1.54) is 0 Å². The number of aliphatic imine (C=N–C) groups is 1. The van der Waals surface area contributed by atoms with Crippen molar-refractivity contribution >= 4 is 11.6 Å². The number of benzene rings is 2. The van der Waals surface area contributed by atoms with E-state index in [2.05, 4.69) is 38.9 Å². The summed E-state index contributed by atoms with van der Waals surface area (Å²) in [5, 5.41) is 11.2. The summed E-state index contributed by atoms with van der Waals surface area (Å²) >= 11 is 0. The Balaban J connectivity index is 1.66. The molecule has 3 aromatic rings. The molecule has 158 valence electrons. The highest BCUT2D eigenvalue weighted by Gasteiger charge is 2.10. The van der Waals surface area contributed by atoms with Crippen LogP contribution in [-0.2, 0) is 13.1 Å². The molecule has 6 nitrogen and oxygen atoms in total. The maximum absolute atomic E-state index is 14.2. The number of rotatable bonds is 6. The number of anilines is 1.